The molecule has 0 bridgehead atoms. The highest BCUT2D eigenvalue weighted by Crippen LogP contribution is 2.16. The van der Waals surface area contributed by atoms with E-state index >= 15 is 0 Å². The van der Waals surface area contributed by atoms with Crippen molar-refractivity contribution in [1.29, 1.82) is 0 Å². The van der Waals surface area contributed by atoms with E-state index in [1.54, 1.807) is 20.8 Å². The van der Waals surface area contributed by atoms with E-state index in [2.05, 4.69) is 0 Å². The molecule has 0 aromatic carbocycles. The smallest absolute Gasteiger partial charge is 0.347 e. The minimum atomic E-state index is -2.96. The number of carbonyl (C=O) groups is 3. The van der Waals surface area contributed by atoms with E-state index in [4.69, 9.17) is 20.7 Å². The van der Waals surface area contributed by atoms with Gasteiger partial charge in [0.15, 0.2) is 0 Å². The largest absolute Gasteiger partial charge is 0.479 e. The predicted molar refractivity (Wildman–Crippen MR) is 63.3 cm³/mol. The third kappa shape index (κ3) is 5.23. The molecule has 0 spiro atoms. The Hall–Kier alpha value is -1.67. The Morgan fingerprint density at radius 3 is 1.89 bits per heavy atom. The first kappa shape index (κ1) is 17.3. The molecule has 0 aliphatic carbocycles. The van der Waals surface area contributed by atoms with Crippen LogP contribution in [0.4, 0.5) is 0 Å². The van der Waals surface area contributed by atoms with E-state index in [9.17, 15) is 19.5 Å². The summed E-state index contributed by atoms with van der Waals surface area (Å²) < 4.78 is 4.95. The second kappa shape index (κ2) is 5.98. The summed E-state index contributed by atoms with van der Waals surface area (Å²) in [6, 6.07) is -1.20. The number of hydrogen-bond acceptors (Lipinski definition) is 6. The van der Waals surface area contributed by atoms with Gasteiger partial charge in [0.05, 0.1) is 0 Å². The number of aliphatic hydroxyl groups is 1. The minimum Gasteiger partial charge on any atom is -0.479 e. The highest BCUT2D eigenvalue weighted by Gasteiger charge is 2.45. The van der Waals surface area contributed by atoms with Gasteiger partial charge < -0.3 is 25.8 Å². The van der Waals surface area contributed by atoms with E-state index in [0.29, 0.717) is 0 Å². The molecule has 0 saturated carbocycles. The molecule has 8 nitrogen and oxygen atoms in total. The molecule has 0 aromatic rings. The van der Waals surface area contributed by atoms with Crippen LogP contribution in [0.15, 0.2) is 0 Å². The van der Waals surface area contributed by atoms with E-state index in [1.807, 2.05) is 0 Å². The second-order valence-electron chi connectivity index (χ2n) is 5.15. The molecule has 0 saturated heterocycles. The van der Waals surface area contributed by atoms with Crippen molar-refractivity contribution in [2.45, 2.75) is 50.9 Å². The van der Waals surface area contributed by atoms with Crippen LogP contribution in [0.3, 0.4) is 0 Å². The molecule has 0 aliphatic rings. The van der Waals surface area contributed by atoms with Crippen LogP contribution >= 0.6 is 0 Å². The van der Waals surface area contributed by atoms with Crippen molar-refractivity contribution in [2.75, 3.05) is 0 Å². The van der Waals surface area contributed by atoms with Crippen LogP contribution in [0.2, 0.25) is 0 Å². The Bertz CT molecular complexity index is 358. The summed E-state index contributed by atoms with van der Waals surface area (Å²) >= 11 is 0. The maximum absolute atomic E-state index is 11.5. The molecule has 0 aromatic heterocycles. The van der Waals surface area contributed by atoms with Gasteiger partial charge in [0.25, 0.3) is 5.60 Å². The zero-order valence-corrected chi connectivity index (χ0v) is 11.0. The van der Waals surface area contributed by atoms with Gasteiger partial charge >= 0.3 is 17.9 Å². The standard InChI is InChI=1S/C11H19NO7/c1-10(2,3)19-7(13)6(12)4-5-11(18,8(14)15)9(16)17/h6,18H,4-5,12H2,1-3H3,(H,14,15)(H,16,17). The van der Waals surface area contributed by atoms with Crippen molar-refractivity contribution in [3.8, 4) is 0 Å². The quantitative estimate of drug-likeness (QED) is 0.369. The Morgan fingerprint density at radius 1 is 1.16 bits per heavy atom. The van der Waals surface area contributed by atoms with Crippen molar-refractivity contribution in [2.24, 2.45) is 5.73 Å². The van der Waals surface area contributed by atoms with Crippen molar-refractivity contribution in [3.63, 3.8) is 0 Å². The van der Waals surface area contributed by atoms with E-state index in [-0.39, 0.29) is 6.42 Å². The fraction of sp³-hybridized carbons (Fsp3) is 0.727. The van der Waals surface area contributed by atoms with Crippen molar-refractivity contribution >= 4 is 17.9 Å². The maximum Gasteiger partial charge on any atom is 0.347 e. The van der Waals surface area contributed by atoms with Gasteiger partial charge in [0.1, 0.15) is 11.6 Å². The zero-order valence-electron chi connectivity index (χ0n) is 11.0. The molecule has 1 atom stereocenters. The number of esters is 1. The summed E-state index contributed by atoms with van der Waals surface area (Å²) in [7, 11) is 0. The highest BCUT2D eigenvalue weighted by molar-refractivity contribution is 6.01. The number of carboxylic acid groups (broad SMARTS) is 2. The zero-order chi connectivity index (χ0) is 15.4. The fourth-order valence-electron chi connectivity index (χ4n) is 1.17. The monoisotopic (exact) mass is 277 g/mol. The number of aliphatic carboxylic acids is 2. The number of nitrogens with two attached hydrogens (primary N) is 1. The maximum atomic E-state index is 11.5. The van der Waals surface area contributed by atoms with Gasteiger partial charge in [0.2, 0.25) is 0 Å². The summed E-state index contributed by atoms with van der Waals surface area (Å²) in [5.41, 5.74) is 1.74. The molecular formula is C11H19NO7. The molecule has 1 unspecified atom stereocenters. The molecule has 0 rings (SSSR count). The SMILES string of the molecule is CC(C)(C)OC(=O)C(N)CCC(O)(C(=O)O)C(=O)O. The van der Waals surface area contributed by atoms with Gasteiger partial charge in [-0.3, -0.25) is 4.79 Å². The number of rotatable bonds is 6. The van der Waals surface area contributed by atoms with Crippen molar-refractivity contribution in [1.82, 2.24) is 0 Å². The van der Waals surface area contributed by atoms with Crippen LogP contribution in [-0.4, -0.2) is 50.5 Å². The van der Waals surface area contributed by atoms with Crippen LogP contribution in [0.1, 0.15) is 33.6 Å². The molecular weight excluding hydrogens is 258 g/mol. The summed E-state index contributed by atoms with van der Waals surface area (Å²) in [4.78, 5) is 32.9. The minimum absolute atomic E-state index is 0.329. The molecule has 5 N–H and O–H groups in total. The molecule has 19 heavy (non-hydrogen) atoms. The summed E-state index contributed by atoms with van der Waals surface area (Å²) in [5.74, 6) is -4.60. The molecule has 0 heterocycles. The number of carbonyl (C=O) groups excluding carboxylic acids is 1. The third-order valence-electron chi connectivity index (χ3n) is 2.23. The first-order valence-electron chi connectivity index (χ1n) is 5.58. The highest BCUT2D eigenvalue weighted by atomic mass is 16.6. The van der Waals surface area contributed by atoms with Gasteiger partial charge in [0, 0.05) is 6.42 Å². The molecule has 0 amide bonds. The average Bonchev–Trinajstić information content (AvgIpc) is 2.22. The average molecular weight is 277 g/mol. The molecule has 8 heteroatoms. The lowest BCUT2D eigenvalue weighted by Crippen LogP contribution is -2.48. The third-order valence-corrected chi connectivity index (χ3v) is 2.23. The lowest BCUT2D eigenvalue weighted by atomic mass is 9.95. The Balaban J connectivity index is 4.59. The van der Waals surface area contributed by atoms with Crippen LogP contribution in [-0.2, 0) is 19.1 Å². The van der Waals surface area contributed by atoms with Gasteiger partial charge in [-0.15, -0.1) is 0 Å². The van der Waals surface area contributed by atoms with Crippen LogP contribution in [0.5, 0.6) is 0 Å². The predicted octanol–water partition coefficient (Wildman–Crippen LogP) is -0.664. The number of ether oxygens (including phenoxy) is 1. The molecule has 0 aliphatic heterocycles. The first-order chi connectivity index (χ1) is 8.40. The Morgan fingerprint density at radius 2 is 1.58 bits per heavy atom. The van der Waals surface area contributed by atoms with E-state index < -0.39 is 41.6 Å². The fourth-order valence-corrected chi connectivity index (χ4v) is 1.17. The number of hydrogen-bond donors (Lipinski definition) is 4. The molecule has 0 radical (unpaired) electrons. The molecule has 110 valence electrons. The van der Waals surface area contributed by atoms with Gasteiger partial charge in [-0.05, 0) is 27.2 Å². The van der Waals surface area contributed by atoms with Crippen LogP contribution in [0, 0.1) is 0 Å². The van der Waals surface area contributed by atoms with E-state index in [1.165, 1.54) is 0 Å². The summed E-state index contributed by atoms with van der Waals surface area (Å²) in [5, 5.41) is 26.7. The second-order valence-corrected chi connectivity index (χ2v) is 5.15. The Labute approximate surface area is 110 Å². The van der Waals surface area contributed by atoms with Crippen LogP contribution in [0.25, 0.3) is 0 Å². The molecule has 0 fully saturated rings. The van der Waals surface area contributed by atoms with Crippen molar-refractivity contribution in [3.05, 3.63) is 0 Å². The summed E-state index contributed by atoms with van der Waals surface area (Å²) in [6.45, 7) is 4.88. The summed E-state index contributed by atoms with van der Waals surface area (Å²) in [6.07, 6.45) is -1.03. The normalized spacial score (nSPS) is 13.7. The van der Waals surface area contributed by atoms with Crippen LogP contribution < -0.4 is 5.73 Å². The topological polar surface area (TPSA) is 147 Å². The number of carboxylic acids is 2. The lowest BCUT2D eigenvalue weighted by Gasteiger charge is -2.23. The lowest BCUT2D eigenvalue weighted by molar-refractivity contribution is -0.177. The first-order valence-corrected chi connectivity index (χ1v) is 5.58. The van der Waals surface area contributed by atoms with E-state index in [0.717, 1.165) is 0 Å². The van der Waals surface area contributed by atoms with Crippen molar-refractivity contribution < 1.29 is 34.4 Å². The van der Waals surface area contributed by atoms with Gasteiger partial charge in [-0.2, -0.15) is 0 Å². The van der Waals surface area contributed by atoms with Gasteiger partial charge in [-0.1, -0.05) is 0 Å². The van der Waals surface area contributed by atoms with Gasteiger partial charge in [-0.25, -0.2) is 9.59 Å². The Kier molecular flexibility index (Phi) is 5.46.